The number of amides is 1. The first kappa shape index (κ1) is 17.5. The number of methoxy groups -OCH3 is 1. The lowest BCUT2D eigenvalue weighted by Crippen LogP contribution is -2.29. The standard InChI is InChI=1S/C21H26N2O2/c1-25-20-11-7-17(8-12-20)15-21(24)22-19-9-5-18(6-10-19)16-23-13-3-2-4-14-23/h5-12H,2-4,13-16H2,1H3,(H,22,24). The molecule has 1 aliphatic rings. The fraction of sp³-hybridized carbons (Fsp3) is 0.381. The normalized spacial score (nSPS) is 14.9. The molecule has 1 amide bonds. The van der Waals surface area contributed by atoms with E-state index in [1.54, 1.807) is 7.11 Å². The van der Waals surface area contributed by atoms with Crippen LogP contribution in [0.4, 0.5) is 5.69 Å². The summed E-state index contributed by atoms with van der Waals surface area (Å²) in [5.41, 5.74) is 3.12. The SMILES string of the molecule is COc1ccc(CC(=O)Nc2ccc(CN3CCCCC3)cc2)cc1. The molecule has 1 N–H and O–H groups in total. The van der Waals surface area contributed by atoms with Crippen molar-refractivity contribution in [2.75, 3.05) is 25.5 Å². The third-order valence-corrected chi connectivity index (χ3v) is 4.62. The lowest BCUT2D eigenvalue weighted by Gasteiger charge is -2.26. The van der Waals surface area contributed by atoms with Crippen molar-refractivity contribution in [2.45, 2.75) is 32.2 Å². The molecule has 0 saturated carbocycles. The Balaban J connectivity index is 1.50. The molecule has 0 aromatic heterocycles. The van der Waals surface area contributed by atoms with Crippen LogP contribution in [-0.2, 0) is 17.8 Å². The second kappa shape index (κ2) is 8.67. The van der Waals surface area contributed by atoms with Crippen LogP contribution in [0.5, 0.6) is 5.75 Å². The summed E-state index contributed by atoms with van der Waals surface area (Å²) in [6.07, 6.45) is 4.33. The van der Waals surface area contributed by atoms with Gasteiger partial charge in [-0.15, -0.1) is 0 Å². The molecule has 0 radical (unpaired) electrons. The smallest absolute Gasteiger partial charge is 0.228 e. The van der Waals surface area contributed by atoms with Crippen molar-refractivity contribution in [1.82, 2.24) is 4.90 Å². The summed E-state index contributed by atoms with van der Waals surface area (Å²) in [7, 11) is 1.64. The summed E-state index contributed by atoms with van der Waals surface area (Å²) in [4.78, 5) is 14.7. The number of piperidine rings is 1. The van der Waals surface area contributed by atoms with Crippen LogP contribution in [0.2, 0.25) is 0 Å². The van der Waals surface area contributed by atoms with E-state index >= 15 is 0 Å². The van der Waals surface area contributed by atoms with E-state index in [9.17, 15) is 4.79 Å². The van der Waals surface area contributed by atoms with Crippen molar-refractivity contribution < 1.29 is 9.53 Å². The van der Waals surface area contributed by atoms with Crippen LogP contribution in [-0.4, -0.2) is 31.0 Å². The third kappa shape index (κ3) is 5.33. The lowest BCUT2D eigenvalue weighted by molar-refractivity contribution is -0.115. The van der Waals surface area contributed by atoms with Gasteiger partial charge < -0.3 is 10.1 Å². The Labute approximate surface area is 149 Å². The van der Waals surface area contributed by atoms with Gasteiger partial charge in [-0.05, 0) is 61.3 Å². The number of nitrogens with one attached hydrogen (secondary N) is 1. The molecule has 1 fully saturated rings. The van der Waals surface area contributed by atoms with Gasteiger partial charge in [-0.2, -0.15) is 0 Å². The van der Waals surface area contributed by atoms with E-state index in [4.69, 9.17) is 4.74 Å². The van der Waals surface area contributed by atoms with E-state index in [0.717, 1.165) is 23.5 Å². The Bertz CT molecular complexity index is 674. The van der Waals surface area contributed by atoms with Crippen LogP contribution in [0.1, 0.15) is 30.4 Å². The zero-order valence-corrected chi connectivity index (χ0v) is 14.8. The van der Waals surface area contributed by atoms with Gasteiger partial charge in [0.05, 0.1) is 13.5 Å². The Morgan fingerprint density at radius 2 is 1.60 bits per heavy atom. The van der Waals surface area contributed by atoms with E-state index in [1.165, 1.54) is 37.9 Å². The highest BCUT2D eigenvalue weighted by Crippen LogP contribution is 2.16. The fourth-order valence-electron chi connectivity index (χ4n) is 3.20. The van der Waals surface area contributed by atoms with Gasteiger partial charge in [0.15, 0.2) is 0 Å². The Kier molecular flexibility index (Phi) is 6.07. The van der Waals surface area contributed by atoms with E-state index in [2.05, 4.69) is 22.3 Å². The molecule has 0 spiro atoms. The summed E-state index contributed by atoms with van der Waals surface area (Å²) >= 11 is 0. The monoisotopic (exact) mass is 338 g/mol. The number of ether oxygens (including phenoxy) is 1. The van der Waals surface area contributed by atoms with Gasteiger partial charge in [0.1, 0.15) is 5.75 Å². The first-order chi connectivity index (χ1) is 12.2. The predicted octanol–water partition coefficient (Wildman–Crippen LogP) is 3.86. The number of carbonyl (C=O) groups is 1. The van der Waals surface area contributed by atoms with Crippen LogP contribution >= 0.6 is 0 Å². The molecule has 4 nitrogen and oxygen atoms in total. The maximum absolute atomic E-state index is 12.2. The third-order valence-electron chi connectivity index (χ3n) is 4.62. The van der Waals surface area contributed by atoms with Crippen LogP contribution in [0.25, 0.3) is 0 Å². The van der Waals surface area contributed by atoms with Gasteiger partial charge in [0, 0.05) is 12.2 Å². The van der Waals surface area contributed by atoms with Crippen molar-refractivity contribution in [3.63, 3.8) is 0 Å². The van der Waals surface area contributed by atoms with Gasteiger partial charge in [-0.3, -0.25) is 9.69 Å². The molecule has 25 heavy (non-hydrogen) atoms. The average molecular weight is 338 g/mol. The van der Waals surface area contributed by atoms with Crippen molar-refractivity contribution in [1.29, 1.82) is 0 Å². The van der Waals surface area contributed by atoms with Crippen molar-refractivity contribution in [2.24, 2.45) is 0 Å². The van der Waals surface area contributed by atoms with Crippen molar-refractivity contribution in [3.8, 4) is 5.75 Å². The van der Waals surface area contributed by atoms with Crippen LogP contribution < -0.4 is 10.1 Å². The highest BCUT2D eigenvalue weighted by atomic mass is 16.5. The molecule has 0 aliphatic carbocycles. The predicted molar refractivity (Wildman–Crippen MR) is 101 cm³/mol. The van der Waals surface area contributed by atoms with E-state index in [1.807, 2.05) is 36.4 Å². The summed E-state index contributed by atoms with van der Waals surface area (Å²) in [6, 6.07) is 15.8. The minimum atomic E-state index is -0.00560. The molecule has 2 aromatic carbocycles. The molecular formula is C21H26N2O2. The van der Waals surface area contributed by atoms with E-state index in [0.29, 0.717) is 6.42 Å². The molecule has 3 rings (SSSR count). The topological polar surface area (TPSA) is 41.6 Å². The number of benzene rings is 2. The lowest BCUT2D eigenvalue weighted by atomic mass is 10.1. The van der Waals surface area contributed by atoms with E-state index < -0.39 is 0 Å². The van der Waals surface area contributed by atoms with Crippen molar-refractivity contribution >= 4 is 11.6 Å². The summed E-state index contributed by atoms with van der Waals surface area (Å²) in [5, 5.41) is 2.97. The second-order valence-corrected chi connectivity index (χ2v) is 6.61. The number of rotatable bonds is 6. The van der Waals surface area contributed by atoms with Gasteiger partial charge in [-0.25, -0.2) is 0 Å². The van der Waals surface area contributed by atoms with Gasteiger partial charge in [0.25, 0.3) is 0 Å². The highest BCUT2D eigenvalue weighted by molar-refractivity contribution is 5.92. The number of hydrogen-bond donors (Lipinski definition) is 1. The molecule has 1 heterocycles. The summed E-state index contributed by atoms with van der Waals surface area (Å²) < 4.78 is 5.13. The van der Waals surface area contributed by atoms with Crippen molar-refractivity contribution in [3.05, 3.63) is 59.7 Å². The number of nitrogens with zero attached hydrogens (tertiary/aromatic N) is 1. The first-order valence-electron chi connectivity index (χ1n) is 8.97. The molecule has 1 aliphatic heterocycles. The first-order valence-corrected chi connectivity index (χ1v) is 8.97. The van der Waals surface area contributed by atoms with Crippen LogP contribution in [0, 0.1) is 0 Å². The minimum absolute atomic E-state index is 0.00560. The average Bonchev–Trinajstić information content (AvgIpc) is 2.65. The second-order valence-electron chi connectivity index (χ2n) is 6.61. The maximum Gasteiger partial charge on any atom is 0.228 e. The molecule has 2 aromatic rings. The molecule has 0 atom stereocenters. The maximum atomic E-state index is 12.2. The fourth-order valence-corrected chi connectivity index (χ4v) is 3.20. The van der Waals surface area contributed by atoms with Gasteiger partial charge in [0.2, 0.25) is 5.91 Å². The van der Waals surface area contributed by atoms with Crippen LogP contribution in [0.15, 0.2) is 48.5 Å². The number of anilines is 1. The molecule has 132 valence electrons. The Morgan fingerprint density at radius 1 is 0.960 bits per heavy atom. The highest BCUT2D eigenvalue weighted by Gasteiger charge is 2.10. The number of likely N-dealkylation sites (tertiary alicyclic amines) is 1. The largest absolute Gasteiger partial charge is 0.497 e. The zero-order chi connectivity index (χ0) is 17.5. The number of carbonyl (C=O) groups excluding carboxylic acids is 1. The summed E-state index contributed by atoms with van der Waals surface area (Å²) in [6.45, 7) is 3.39. The number of hydrogen-bond acceptors (Lipinski definition) is 3. The Hall–Kier alpha value is -2.33. The van der Waals surface area contributed by atoms with E-state index in [-0.39, 0.29) is 5.91 Å². The molecule has 1 saturated heterocycles. The van der Waals surface area contributed by atoms with Gasteiger partial charge >= 0.3 is 0 Å². The van der Waals surface area contributed by atoms with Gasteiger partial charge in [-0.1, -0.05) is 30.7 Å². The van der Waals surface area contributed by atoms with Crippen LogP contribution in [0.3, 0.4) is 0 Å². The molecule has 0 unspecified atom stereocenters. The Morgan fingerprint density at radius 3 is 2.24 bits per heavy atom. The minimum Gasteiger partial charge on any atom is -0.497 e. The summed E-state index contributed by atoms with van der Waals surface area (Å²) in [5.74, 6) is 0.794. The molecule has 0 bridgehead atoms. The quantitative estimate of drug-likeness (QED) is 0.869. The molecule has 4 heteroatoms. The zero-order valence-electron chi connectivity index (χ0n) is 14.8. The molecular weight excluding hydrogens is 312 g/mol.